The van der Waals surface area contributed by atoms with Crippen LogP contribution in [0.2, 0.25) is 0 Å². The predicted octanol–water partition coefficient (Wildman–Crippen LogP) is 0.918. The zero-order valence-electron chi connectivity index (χ0n) is 11.6. The molecule has 6 nitrogen and oxygen atoms in total. The normalized spacial score (nSPS) is 23.8. The molecule has 114 valence electrons. The number of carbonyl (C=O) groups excluding carboxylic acids is 2. The second-order valence-electron chi connectivity index (χ2n) is 5.09. The van der Waals surface area contributed by atoms with Crippen molar-refractivity contribution >= 4 is 35.6 Å². The number of anilines is 2. The molecular weight excluding hydrogens is 294 g/mol. The number of fused-ring (bicyclic) bond motifs is 1. The average Bonchev–Trinajstić information content (AvgIpc) is 2.78. The van der Waals surface area contributed by atoms with Crippen molar-refractivity contribution in [1.82, 2.24) is 5.32 Å². The maximum absolute atomic E-state index is 12.2. The monoisotopic (exact) mass is 311 g/mol. The molecule has 1 aromatic rings. The number of hydrogen-bond acceptors (Lipinski definition) is 4. The van der Waals surface area contributed by atoms with Crippen LogP contribution in [0.15, 0.2) is 18.2 Å². The number of carbonyl (C=O) groups is 2. The molecular formula is C14H18ClN3O3. The van der Waals surface area contributed by atoms with E-state index in [2.05, 4.69) is 16.0 Å². The number of halogens is 1. The minimum atomic E-state index is -0.350. The summed E-state index contributed by atoms with van der Waals surface area (Å²) in [6, 6.07) is 5.08. The number of morpholine rings is 1. The Morgan fingerprint density at radius 3 is 3.00 bits per heavy atom. The minimum Gasteiger partial charge on any atom is -0.375 e. The standard InChI is InChI=1S/C14H17N3O3.ClH/c1-8-13(15-4-5-20-8)14(19)16-10-2-3-11-9(6-10)7-12(18)17-11;/h2-3,6,8,13,15H,4-5,7H2,1H3,(H,16,19)(H,17,18);1H/t8-,13+;/m1./s1. The first-order valence-corrected chi connectivity index (χ1v) is 6.72. The molecule has 2 aliphatic heterocycles. The molecule has 3 rings (SSSR count). The van der Waals surface area contributed by atoms with Gasteiger partial charge in [0.05, 0.1) is 19.1 Å². The van der Waals surface area contributed by atoms with Crippen LogP contribution < -0.4 is 16.0 Å². The van der Waals surface area contributed by atoms with Gasteiger partial charge in [0, 0.05) is 17.9 Å². The van der Waals surface area contributed by atoms with Crippen molar-refractivity contribution in [1.29, 1.82) is 0 Å². The summed E-state index contributed by atoms with van der Waals surface area (Å²) >= 11 is 0. The third-order valence-electron chi connectivity index (χ3n) is 3.60. The van der Waals surface area contributed by atoms with Crippen LogP contribution in [0.3, 0.4) is 0 Å². The van der Waals surface area contributed by atoms with E-state index in [1.165, 1.54) is 0 Å². The molecule has 0 unspecified atom stereocenters. The summed E-state index contributed by atoms with van der Waals surface area (Å²) in [7, 11) is 0. The lowest BCUT2D eigenvalue weighted by Crippen LogP contribution is -2.53. The molecule has 7 heteroatoms. The number of hydrogen-bond donors (Lipinski definition) is 3. The lowest BCUT2D eigenvalue weighted by atomic mass is 10.1. The number of nitrogens with one attached hydrogen (secondary N) is 3. The maximum Gasteiger partial charge on any atom is 0.244 e. The third-order valence-corrected chi connectivity index (χ3v) is 3.60. The van der Waals surface area contributed by atoms with Gasteiger partial charge in [-0.2, -0.15) is 0 Å². The molecule has 1 aromatic carbocycles. The van der Waals surface area contributed by atoms with Gasteiger partial charge < -0.3 is 20.7 Å². The highest BCUT2D eigenvalue weighted by molar-refractivity contribution is 6.01. The molecule has 0 radical (unpaired) electrons. The van der Waals surface area contributed by atoms with Crippen molar-refractivity contribution in [3.8, 4) is 0 Å². The van der Waals surface area contributed by atoms with Crippen LogP contribution in [0.5, 0.6) is 0 Å². The van der Waals surface area contributed by atoms with Gasteiger partial charge >= 0.3 is 0 Å². The van der Waals surface area contributed by atoms with E-state index in [9.17, 15) is 9.59 Å². The van der Waals surface area contributed by atoms with Gasteiger partial charge in [-0.3, -0.25) is 9.59 Å². The number of benzene rings is 1. The van der Waals surface area contributed by atoms with Crippen molar-refractivity contribution in [2.45, 2.75) is 25.5 Å². The molecule has 2 heterocycles. The third kappa shape index (κ3) is 3.34. The van der Waals surface area contributed by atoms with Crippen molar-refractivity contribution in [3.63, 3.8) is 0 Å². The van der Waals surface area contributed by atoms with E-state index in [-0.39, 0.29) is 36.4 Å². The molecule has 0 spiro atoms. The molecule has 0 bridgehead atoms. The van der Waals surface area contributed by atoms with Crippen LogP contribution in [0.4, 0.5) is 11.4 Å². The quantitative estimate of drug-likeness (QED) is 0.759. The Morgan fingerprint density at radius 2 is 2.24 bits per heavy atom. The summed E-state index contributed by atoms with van der Waals surface area (Å²) in [5, 5.41) is 8.78. The van der Waals surface area contributed by atoms with Crippen LogP contribution in [-0.4, -0.2) is 37.1 Å². The number of rotatable bonds is 2. The summed E-state index contributed by atoms with van der Waals surface area (Å²) in [6.07, 6.45) is 0.210. The summed E-state index contributed by atoms with van der Waals surface area (Å²) < 4.78 is 5.46. The fraction of sp³-hybridized carbons (Fsp3) is 0.429. The summed E-state index contributed by atoms with van der Waals surface area (Å²) in [4.78, 5) is 23.5. The second-order valence-corrected chi connectivity index (χ2v) is 5.09. The SMILES string of the molecule is C[C@H]1OCCN[C@@H]1C(=O)Nc1ccc2c(c1)CC(=O)N2.Cl. The molecule has 2 aliphatic rings. The lowest BCUT2D eigenvalue weighted by Gasteiger charge is -2.29. The molecule has 3 N–H and O–H groups in total. The van der Waals surface area contributed by atoms with Gasteiger partial charge in [0.1, 0.15) is 6.04 Å². The Bertz CT molecular complexity index is 564. The van der Waals surface area contributed by atoms with E-state index in [1.54, 1.807) is 6.07 Å². The zero-order valence-corrected chi connectivity index (χ0v) is 12.5. The van der Waals surface area contributed by atoms with Gasteiger partial charge in [0.2, 0.25) is 11.8 Å². The van der Waals surface area contributed by atoms with Gasteiger partial charge in [-0.25, -0.2) is 0 Å². The Kier molecular flexibility index (Phi) is 4.82. The first kappa shape index (κ1) is 15.8. The summed E-state index contributed by atoms with van der Waals surface area (Å²) in [5.41, 5.74) is 2.43. The van der Waals surface area contributed by atoms with Crippen molar-refractivity contribution < 1.29 is 14.3 Å². The highest BCUT2D eigenvalue weighted by Gasteiger charge is 2.28. The van der Waals surface area contributed by atoms with Crippen molar-refractivity contribution in [2.75, 3.05) is 23.8 Å². The van der Waals surface area contributed by atoms with E-state index in [1.807, 2.05) is 19.1 Å². The van der Waals surface area contributed by atoms with Crippen LogP contribution in [0.25, 0.3) is 0 Å². The van der Waals surface area contributed by atoms with E-state index in [4.69, 9.17) is 4.74 Å². The van der Waals surface area contributed by atoms with Gasteiger partial charge in [-0.1, -0.05) is 0 Å². The second kappa shape index (κ2) is 6.43. The Balaban J connectivity index is 0.00000161. The van der Waals surface area contributed by atoms with E-state index < -0.39 is 0 Å². The lowest BCUT2D eigenvalue weighted by molar-refractivity contribution is -0.123. The van der Waals surface area contributed by atoms with E-state index in [0.717, 1.165) is 11.3 Å². The Morgan fingerprint density at radius 1 is 1.43 bits per heavy atom. The van der Waals surface area contributed by atoms with Crippen LogP contribution in [0.1, 0.15) is 12.5 Å². The Hall–Kier alpha value is -1.63. The topological polar surface area (TPSA) is 79.5 Å². The van der Waals surface area contributed by atoms with E-state index in [0.29, 0.717) is 25.3 Å². The van der Waals surface area contributed by atoms with E-state index >= 15 is 0 Å². The zero-order chi connectivity index (χ0) is 14.1. The van der Waals surface area contributed by atoms with Crippen molar-refractivity contribution in [3.05, 3.63) is 23.8 Å². The molecule has 0 aromatic heterocycles. The van der Waals surface area contributed by atoms with Crippen LogP contribution in [0, 0.1) is 0 Å². The van der Waals surface area contributed by atoms with Gasteiger partial charge in [0.25, 0.3) is 0 Å². The first-order chi connectivity index (χ1) is 9.63. The fourth-order valence-electron chi connectivity index (χ4n) is 2.55. The molecule has 1 saturated heterocycles. The van der Waals surface area contributed by atoms with Crippen LogP contribution in [-0.2, 0) is 20.7 Å². The number of ether oxygens (including phenoxy) is 1. The number of amides is 2. The summed E-state index contributed by atoms with van der Waals surface area (Å²) in [5.74, 6) is -0.131. The minimum absolute atomic E-state index is 0. The highest BCUT2D eigenvalue weighted by Crippen LogP contribution is 2.26. The van der Waals surface area contributed by atoms with Gasteiger partial charge in [-0.05, 0) is 30.7 Å². The molecule has 21 heavy (non-hydrogen) atoms. The molecule has 2 atom stereocenters. The molecule has 0 saturated carbocycles. The van der Waals surface area contributed by atoms with Crippen molar-refractivity contribution in [2.24, 2.45) is 0 Å². The van der Waals surface area contributed by atoms with Crippen LogP contribution >= 0.6 is 12.4 Å². The van der Waals surface area contributed by atoms with Gasteiger partial charge in [0.15, 0.2) is 0 Å². The first-order valence-electron chi connectivity index (χ1n) is 6.72. The highest BCUT2D eigenvalue weighted by atomic mass is 35.5. The predicted molar refractivity (Wildman–Crippen MR) is 81.9 cm³/mol. The smallest absolute Gasteiger partial charge is 0.244 e. The maximum atomic E-state index is 12.2. The average molecular weight is 312 g/mol. The largest absolute Gasteiger partial charge is 0.375 e. The molecule has 0 aliphatic carbocycles. The molecule has 2 amide bonds. The van der Waals surface area contributed by atoms with Gasteiger partial charge in [-0.15, -0.1) is 12.4 Å². The summed E-state index contributed by atoms with van der Waals surface area (Å²) in [6.45, 7) is 3.17. The molecule has 1 fully saturated rings. The fourth-order valence-corrected chi connectivity index (χ4v) is 2.55. The Labute approximate surface area is 129 Å².